The second-order valence-electron chi connectivity index (χ2n) is 4.53. The molecule has 2 nitrogen and oxygen atoms in total. The molecule has 0 aliphatic carbocycles. The third-order valence-corrected chi connectivity index (χ3v) is 3.90. The van der Waals surface area contributed by atoms with Crippen LogP contribution in [-0.2, 0) is 16.0 Å². The lowest BCUT2D eigenvalue weighted by Crippen LogP contribution is -2.35. The SMILES string of the molecule is CC1(C(=O)Cc2ccc(Cl)c(Cl)c2)CCCO1. The van der Waals surface area contributed by atoms with Crippen molar-refractivity contribution in [2.75, 3.05) is 6.61 Å². The number of ketones is 1. The Kier molecular flexibility index (Phi) is 3.76. The first-order valence-electron chi connectivity index (χ1n) is 5.62. The second kappa shape index (κ2) is 4.97. The lowest BCUT2D eigenvalue weighted by molar-refractivity contribution is -0.136. The smallest absolute Gasteiger partial charge is 0.168 e. The molecule has 92 valence electrons. The molecule has 0 aromatic heterocycles. The summed E-state index contributed by atoms with van der Waals surface area (Å²) in [5, 5.41) is 0.987. The summed E-state index contributed by atoms with van der Waals surface area (Å²) in [4.78, 5) is 12.1. The highest BCUT2D eigenvalue weighted by atomic mass is 35.5. The van der Waals surface area contributed by atoms with Crippen molar-refractivity contribution < 1.29 is 9.53 Å². The average Bonchev–Trinajstić information content (AvgIpc) is 2.72. The van der Waals surface area contributed by atoms with E-state index in [4.69, 9.17) is 27.9 Å². The predicted octanol–water partition coefficient (Wildman–Crippen LogP) is 3.67. The van der Waals surface area contributed by atoms with Crippen molar-refractivity contribution in [2.24, 2.45) is 0 Å². The number of halogens is 2. The van der Waals surface area contributed by atoms with Gasteiger partial charge in [-0.1, -0.05) is 29.3 Å². The van der Waals surface area contributed by atoms with Gasteiger partial charge in [0.25, 0.3) is 0 Å². The second-order valence-corrected chi connectivity index (χ2v) is 5.35. The number of benzene rings is 1. The standard InChI is InChI=1S/C13H14Cl2O2/c1-13(5-2-6-17-13)12(16)8-9-3-4-10(14)11(15)7-9/h3-4,7H,2,5-6,8H2,1H3. The zero-order valence-electron chi connectivity index (χ0n) is 9.63. The van der Waals surface area contributed by atoms with Crippen molar-refractivity contribution in [3.63, 3.8) is 0 Å². The van der Waals surface area contributed by atoms with E-state index in [1.165, 1.54) is 0 Å². The quantitative estimate of drug-likeness (QED) is 0.839. The first kappa shape index (κ1) is 12.9. The maximum Gasteiger partial charge on any atom is 0.168 e. The maximum absolute atomic E-state index is 12.1. The van der Waals surface area contributed by atoms with Crippen LogP contribution in [0.25, 0.3) is 0 Å². The minimum Gasteiger partial charge on any atom is -0.367 e. The molecule has 1 heterocycles. The van der Waals surface area contributed by atoms with Crippen LogP contribution in [0.5, 0.6) is 0 Å². The van der Waals surface area contributed by atoms with Crippen LogP contribution in [0, 0.1) is 0 Å². The molecule has 0 spiro atoms. The highest BCUT2D eigenvalue weighted by Crippen LogP contribution is 2.28. The van der Waals surface area contributed by atoms with Gasteiger partial charge in [-0.05, 0) is 37.5 Å². The Morgan fingerprint density at radius 2 is 2.18 bits per heavy atom. The monoisotopic (exact) mass is 272 g/mol. The molecular formula is C13H14Cl2O2. The molecule has 0 saturated carbocycles. The van der Waals surface area contributed by atoms with Crippen LogP contribution in [0.3, 0.4) is 0 Å². The van der Waals surface area contributed by atoms with Crippen LogP contribution in [0.15, 0.2) is 18.2 Å². The lowest BCUT2D eigenvalue weighted by atomic mass is 9.92. The van der Waals surface area contributed by atoms with Crippen LogP contribution < -0.4 is 0 Å². The Morgan fingerprint density at radius 1 is 1.41 bits per heavy atom. The van der Waals surface area contributed by atoms with Crippen molar-refractivity contribution in [3.05, 3.63) is 33.8 Å². The third-order valence-electron chi connectivity index (χ3n) is 3.16. The Balaban J connectivity index is 2.10. The molecular weight excluding hydrogens is 259 g/mol. The number of carbonyl (C=O) groups is 1. The molecule has 4 heteroatoms. The Hall–Kier alpha value is -0.570. The number of ether oxygens (including phenoxy) is 1. The normalized spacial score (nSPS) is 23.9. The van der Waals surface area contributed by atoms with E-state index in [1.807, 2.05) is 13.0 Å². The topological polar surface area (TPSA) is 26.3 Å². The molecule has 1 aliphatic rings. The van der Waals surface area contributed by atoms with Crippen molar-refractivity contribution >= 4 is 29.0 Å². The Labute approximate surface area is 111 Å². The van der Waals surface area contributed by atoms with Crippen LogP contribution in [0.2, 0.25) is 10.0 Å². The van der Waals surface area contributed by atoms with Gasteiger partial charge in [-0.3, -0.25) is 4.79 Å². The van der Waals surface area contributed by atoms with Gasteiger partial charge in [0.15, 0.2) is 5.78 Å². The highest BCUT2D eigenvalue weighted by Gasteiger charge is 2.36. The molecule has 2 rings (SSSR count). The van der Waals surface area contributed by atoms with Gasteiger partial charge in [0.1, 0.15) is 5.60 Å². The first-order valence-corrected chi connectivity index (χ1v) is 6.38. The lowest BCUT2D eigenvalue weighted by Gasteiger charge is -2.21. The molecule has 0 N–H and O–H groups in total. The van der Waals surface area contributed by atoms with Gasteiger partial charge in [0, 0.05) is 13.0 Å². The van der Waals surface area contributed by atoms with Gasteiger partial charge in [-0.2, -0.15) is 0 Å². The van der Waals surface area contributed by atoms with Crippen molar-refractivity contribution in [1.29, 1.82) is 0 Å². The van der Waals surface area contributed by atoms with Gasteiger partial charge in [0.2, 0.25) is 0 Å². The average molecular weight is 273 g/mol. The molecule has 1 atom stereocenters. The minimum atomic E-state index is -0.619. The van der Waals surface area contributed by atoms with E-state index >= 15 is 0 Å². The number of Topliss-reactive ketones (excluding diaryl/α,β-unsaturated/α-hetero) is 1. The van der Waals surface area contributed by atoms with E-state index in [0.717, 1.165) is 18.4 Å². The first-order chi connectivity index (χ1) is 8.01. The number of hydrogen-bond donors (Lipinski definition) is 0. The molecule has 1 aromatic rings. The van der Waals surface area contributed by atoms with E-state index in [-0.39, 0.29) is 5.78 Å². The fourth-order valence-corrected chi connectivity index (χ4v) is 2.34. The Bertz CT molecular complexity index is 437. The zero-order valence-corrected chi connectivity index (χ0v) is 11.1. The van der Waals surface area contributed by atoms with Gasteiger partial charge in [-0.15, -0.1) is 0 Å². The molecule has 0 amide bonds. The summed E-state index contributed by atoms with van der Waals surface area (Å²) in [6.45, 7) is 2.53. The van der Waals surface area contributed by atoms with Crippen molar-refractivity contribution in [1.82, 2.24) is 0 Å². The summed E-state index contributed by atoms with van der Waals surface area (Å²) in [6.07, 6.45) is 2.09. The van der Waals surface area contributed by atoms with Crippen molar-refractivity contribution in [3.8, 4) is 0 Å². The van der Waals surface area contributed by atoms with Gasteiger partial charge < -0.3 is 4.74 Å². The van der Waals surface area contributed by atoms with E-state index in [0.29, 0.717) is 23.1 Å². The largest absolute Gasteiger partial charge is 0.367 e. The molecule has 1 fully saturated rings. The third kappa shape index (κ3) is 2.82. The molecule has 1 unspecified atom stereocenters. The minimum absolute atomic E-state index is 0.105. The summed E-state index contributed by atoms with van der Waals surface area (Å²) >= 11 is 11.7. The van der Waals surface area contributed by atoms with Gasteiger partial charge >= 0.3 is 0 Å². The molecule has 0 radical (unpaired) electrons. The fraction of sp³-hybridized carbons (Fsp3) is 0.462. The molecule has 1 aliphatic heterocycles. The highest BCUT2D eigenvalue weighted by molar-refractivity contribution is 6.42. The number of carbonyl (C=O) groups excluding carboxylic acids is 1. The predicted molar refractivity (Wildman–Crippen MR) is 68.8 cm³/mol. The van der Waals surface area contributed by atoms with E-state index in [9.17, 15) is 4.79 Å². The molecule has 0 bridgehead atoms. The summed E-state index contributed by atoms with van der Waals surface area (Å²) < 4.78 is 5.52. The molecule has 1 aromatic carbocycles. The van der Waals surface area contributed by atoms with Crippen LogP contribution in [-0.4, -0.2) is 18.0 Å². The fourth-order valence-electron chi connectivity index (χ4n) is 2.02. The van der Waals surface area contributed by atoms with E-state index < -0.39 is 5.60 Å². The Morgan fingerprint density at radius 3 is 2.76 bits per heavy atom. The number of rotatable bonds is 3. The molecule has 1 saturated heterocycles. The molecule has 17 heavy (non-hydrogen) atoms. The maximum atomic E-state index is 12.1. The van der Waals surface area contributed by atoms with Crippen molar-refractivity contribution in [2.45, 2.75) is 31.8 Å². The van der Waals surface area contributed by atoms with Crippen LogP contribution >= 0.6 is 23.2 Å². The summed E-state index contributed by atoms with van der Waals surface area (Å²) in [6, 6.07) is 5.27. The van der Waals surface area contributed by atoms with E-state index in [2.05, 4.69) is 0 Å². The summed E-state index contributed by atoms with van der Waals surface area (Å²) in [5.74, 6) is 0.105. The van der Waals surface area contributed by atoms with Gasteiger partial charge in [-0.25, -0.2) is 0 Å². The summed E-state index contributed by atoms with van der Waals surface area (Å²) in [7, 11) is 0. The zero-order chi connectivity index (χ0) is 12.5. The van der Waals surface area contributed by atoms with E-state index in [1.54, 1.807) is 12.1 Å². The van der Waals surface area contributed by atoms with Gasteiger partial charge in [0.05, 0.1) is 10.0 Å². The van der Waals surface area contributed by atoms with Crippen LogP contribution in [0.1, 0.15) is 25.3 Å². The van der Waals surface area contributed by atoms with Crippen LogP contribution in [0.4, 0.5) is 0 Å². The number of hydrogen-bond acceptors (Lipinski definition) is 2. The summed E-state index contributed by atoms with van der Waals surface area (Å²) in [5.41, 5.74) is 0.257.